The van der Waals surface area contributed by atoms with E-state index in [0.717, 1.165) is 11.1 Å². The van der Waals surface area contributed by atoms with E-state index in [4.69, 9.17) is 4.74 Å². The average Bonchev–Trinajstić information content (AvgIpc) is 2.79. The Labute approximate surface area is 157 Å². The van der Waals surface area contributed by atoms with Crippen LogP contribution in [0.4, 0.5) is 11.4 Å². The number of fused-ring (bicyclic) bond motifs is 2. The first-order valence-electron chi connectivity index (χ1n) is 8.62. The normalized spacial score (nSPS) is 12.1. The number of ether oxygens (including phenoxy) is 1. The highest BCUT2D eigenvalue weighted by atomic mass is 16.5. The number of anilines is 2. The molecule has 0 saturated heterocycles. The smallest absolute Gasteiger partial charge is 0.259 e. The van der Waals surface area contributed by atoms with Crippen molar-refractivity contribution in [2.24, 2.45) is 0 Å². The quantitative estimate of drug-likeness (QED) is 0.684. The second-order valence-corrected chi connectivity index (χ2v) is 6.54. The third kappa shape index (κ3) is 3.27. The van der Waals surface area contributed by atoms with Gasteiger partial charge in [0.25, 0.3) is 11.8 Å². The molecular formula is C22H18N2O3. The molecule has 5 heteroatoms. The molecule has 0 atom stereocenters. The maximum absolute atomic E-state index is 12.6. The van der Waals surface area contributed by atoms with Gasteiger partial charge in [-0.1, -0.05) is 29.8 Å². The first-order chi connectivity index (χ1) is 13.0. The largest absolute Gasteiger partial charge is 0.454 e. The standard InChI is InChI=1S/C22H18N2O3/c1-13-7-8-14(2)16(11-13)21(25)23-15-9-10-19-17(12-15)22(26)24-18-5-3-4-6-20(18)27-19/h3-12H,1-2H3,(H,23,25)(H,24,26). The molecule has 2 amide bonds. The van der Waals surface area contributed by atoms with Crippen LogP contribution in [-0.4, -0.2) is 11.8 Å². The fourth-order valence-corrected chi connectivity index (χ4v) is 3.02. The third-order valence-corrected chi connectivity index (χ3v) is 4.47. The van der Waals surface area contributed by atoms with Crippen molar-refractivity contribution >= 4 is 23.2 Å². The van der Waals surface area contributed by atoms with Gasteiger partial charge in [-0.3, -0.25) is 9.59 Å². The highest BCUT2D eigenvalue weighted by molar-refractivity contribution is 6.10. The van der Waals surface area contributed by atoms with E-state index < -0.39 is 0 Å². The second-order valence-electron chi connectivity index (χ2n) is 6.54. The lowest BCUT2D eigenvalue weighted by Gasteiger charge is -2.11. The van der Waals surface area contributed by atoms with Crippen LogP contribution in [0.3, 0.4) is 0 Å². The fourth-order valence-electron chi connectivity index (χ4n) is 3.02. The van der Waals surface area contributed by atoms with Crippen molar-refractivity contribution in [1.82, 2.24) is 0 Å². The van der Waals surface area contributed by atoms with Crippen molar-refractivity contribution in [3.63, 3.8) is 0 Å². The lowest BCUT2D eigenvalue weighted by molar-refractivity contribution is 0.101. The highest BCUT2D eigenvalue weighted by Crippen LogP contribution is 2.36. The van der Waals surface area contributed by atoms with Gasteiger partial charge in [-0.2, -0.15) is 0 Å². The molecule has 0 spiro atoms. The molecule has 2 N–H and O–H groups in total. The first kappa shape index (κ1) is 16.8. The Bertz CT molecular complexity index is 1070. The molecule has 134 valence electrons. The summed E-state index contributed by atoms with van der Waals surface area (Å²) >= 11 is 0. The van der Waals surface area contributed by atoms with Gasteiger partial charge in [0.15, 0.2) is 5.75 Å². The first-order valence-corrected chi connectivity index (χ1v) is 8.62. The van der Waals surface area contributed by atoms with Crippen molar-refractivity contribution in [3.05, 3.63) is 82.9 Å². The highest BCUT2D eigenvalue weighted by Gasteiger charge is 2.21. The lowest BCUT2D eigenvalue weighted by atomic mass is 10.0. The van der Waals surface area contributed by atoms with Gasteiger partial charge in [-0.05, 0) is 55.8 Å². The minimum Gasteiger partial charge on any atom is -0.454 e. The number of aryl methyl sites for hydroxylation is 2. The van der Waals surface area contributed by atoms with E-state index in [2.05, 4.69) is 10.6 Å². The number of hydrogen-bond donors (Lipinski definition) is 2. The Hall–Kier alpha value is -3.60. The number of benzene rings is 3. The zero-order valence-corrected chi connectivity index (χ0v) is 15.0. The van der Waals surface area contributed by atoms with Crippen molar-refractivity contribution in [2.75, 3.05) is 10.6 Å². The molecule has 27 heavy (non-hydrogen) atoms. The minimum atomic E-state index is -0.280. The van der Waals surface area contributed by atoms with Gasteiger partial charge in [-0.25, -0.2) is 0 Å². The molecule has 0 aromatic heterocycles. The van der Waals surface area contributed by atoms with Crippen molar-refractivity contribution in [2.45, 2.75) is 13.8 Å². The Morgan fingerprint density at radius 2 is 1.78 bits per heavy atom. The van der Waals surface area contributed by atoms with Crippen molar-refractivity contribution in [1.29, 1.82) is 0 Å². The van der Waals surface area contributed by atoms with Gasteiger partial charge in [-0.15, -0.1) is 0 Å². The van der Waals surface area contributed by atoms with Crippen LogP contribution in [0.15, 0.2) is 60.7 Å². The summed E-state index contributed by atoms with van der Waals surface area (Å²) in [4.78, 5) is 25.2. The summed E-state index contributed by atoms with van der Waals surface area (Å²) in [6.07, 6.45) is 0. The van der Waals surface area contributed by atoms with Crippen LogP contribution in [0, 0.1) is 13.8 Å². The molecule has 1 heterocycles. The average molecular weight is 358 g/mol. The molecule has 1 aliphatic heterocycles. The molecule has 0 bridgehead atoms. The van der Waals surface area contributed by atoms with E-state index in [9.17, 15) is 9.59 Å². The monoisotopic (exact) mass is 358 g/mol. The van der Waals surface area contributed by atoms with Crippen LogP contribution in [0.5, 0.6) is 11.5 Å². The summed E-state index contributed by atoms with van der Waals surface area (Å²) in [5, 5.41) is 5.69. The summed E-state index contributed by atoms with van der Waals surface area (Å²) in [6, 6.07) is 18.0. The van der Waals surface area contributed by atoms with Crippen LogP contribution < -0.4 is 15.4 Å². The van der Waals surface area contributed by atoms with Crippen LogP contribution >= 0.6 is 0 Å². The molecule has 0 fully saturated rings. The van der Waals surface area contributed by atoms with Gasteiger partial charge in [0.1, 0.15) is 5.75 Å². The summed E-state index contributed by atoms with van der Waals surface area (Å²) in [6.45, 7) is 3.84. The Morgan fingerprint density at radius 3 is 2.63 bits per heavy atom. The van der Waals surface area contributed by atoms with E-state index in [1.54, 1.807) is 30.3 Å². The molecule has 5 nitrogen and oxygen atoms in total. The topological polar surface area (TPSA) is 67.4 Å². The Morgan fingerprint density at radius 1 is 0.963 bits per heavy atom. The second kappa shape index (κ2) is 6.61. The fraction of sp³-hybridized carbons (Fsp3) is 0.0909. The van der Waals surface area contributed by atoms with Gasteiger partial charge in [0.2, 0.25) is 0 Å². The van der Waals surface area contributed by atoms with Crippen molar-refractivity contribution < 1.29 is 14.3 Å². The van der Waals surface area contributed by atoms with Gasteiger partial charge < -0.3 is 15.4 Å². The van der Waals surface area contributed by atoms with E-state index in [1.807, 2.05) is 44.2 Å². The number of hydrogen-bond acceptors (Lipinski definition) is 3. The van der Waals surface area contributed by atoms with Crippen LogP contribution in [0.25, 0.3) is 0 Å². The molecule has 3 aromatic rings. The summed E-state index contributed by atoms with van der Waals surface area (Å²) in [7, 11) is 0. The van der Waals surface area contributed by atoms with Crippen molar-refractivity contribution in [3.8, 4) is 11.5 Å². The predicted octanol–water partition coefficient (Wildman–Crippen LogP) is 4.91. The number of nitrogens with one attached hydrogen (secondary N) is 2. The Kier molecular flexibility index (Phi) is 4.12. The summed E-state index contributed by atoms with van der Waals surface area (Å²) in [5.41, 5.74) is 4.02. The van der Waals surface area contributed by atoms with Gasteiger partial charge in [0, 0.05) is 11.3 Å². The third-order valence-electron chi connectivity index (χ3n) is 4.47. The van der Waals surface area contributed by atoms with Crippen LogP contribution in [0.1, 0.15) is 31.8 Å². The zero-order valence-electron chi connectivity index (χ0n) is 15.0. The molecule has 0 saturated carbocycles. The molecule has 3 aromatic carbocycles. The number of carbonyl (C=O) groups is 2. The van der Waals surface area contributed by atoms with Crippen LogP contribution in [-0.2, 0) is 0 Å². The molecule has 1 aliphatic rings. The predicted molar refractivity (Wildman–Crippen MR) is 105 cm³/mol. The maximum atomic E-state index is 12.6. The maximum Gasteiger partial charge on any atom is 0.259 e. The van der Waals surface area contributed by atoms with Crippen LogP contribution in [0.2, 0.25) is 0 Å². The summed E-state index contributed by atoms with van der Waals surface area (Å²) < 4.78 is 5.86. The number of rotatable bonds is 2. The molecule has 0 radical (unpaired) electrons. The molecule has 0 aliphatic carbocycles. The van der Waals surface area contributed by atoms with E-state index in [-0.39, 0.29) is 11.8 Å². The SMILES string of the molecule is Cc1ccc(C)c(C(=O)Nc2ccc3c(c2)C(=O)Nc2ccccc2O3)c1. The number of para-hydroxylation sites is 2. The molecular weight excluding hydrogens is 340 g/mol. The zero-order chi connectivity index (χ0) is 19.0. The molecule has 0 unspecified atom stereocenters. The van der Waals surface area contributed by atoms with E-state index >= 15 is 0 Å². The number of amides is 2. The lowest BCUT2D eigenvalue weighted by Crippen LogP contribution is -2.15. The number of carbonyl (C=O) groups excluding carboxylic acids is 2. The summed E-state index contributed by atoms with van der Waals surface area (Å²) in [5.74, 6) is 0.533. The molecule has 4 rings (SSSR count). The van der Waals surface area contributed by atoms with Gasteiger partial charge in [0.05, 0.1) is 11.3 Å². The Balaban J connectivity index is 1.64. The minimum absolute atomic E-state index is 0.214. The van der Waals surface area contributed by atoms with E-state index in [1.165, 1.54) is 0 Å². The van der Waals surface area contributed by atoms with E-state index in [0.29, 0.717) is 34.0 Å². The van der Waals surface area contributed by atoms with Gasteiger partial charge >= 0.3 is 0 Å².